The number of para-hydroxylation sites is 2. The summed E-state index contributed by atoms with van der Waals surface area (Å²) in [5.74, 6) is -0.684. The maximum atomic E-state index is 10.1. The van der Waals surface area contributed by atoms with Crippen LogP contribution in [0.15, 0.2) is 426 Å². The fraction of sp³-hybridized carbons (Fsp3) is 0.0973. The van der Waals surface area contributed by atoms with Crippen molar-refractivity contribution in [2.75, 3.05) is 27.9 Å². The first kappa shape index (κ1) is 121. The Kier molecular flexibility index (Phi) is 60.2. The molecule has 0 spiro atoms. The number of aromatic hydroxyl groups is 2. The summed E-state index contributed by atoms with van der Waals surface area (Å²) in [6.07, 6.45) is 10.2. The first-order chi connectivity index (χ1) is 67.0. The Morgan fingerprint density at radius 2 is 0.606 bits per heavy atom. The largest absolute Gasteiger partial charge is 0.507 e. The van der Waals surface area contributed by atoms with E-state index < -0.39 is 30.9 Å². The number of benzene rings is 12. The third-order valence-corrected chi connectivity index (χ3v) is 18.7. The van der Waals surface area contributed by atoms with Gasteiger partial charge in [-0.1, -0.05) is 218 Å². The number of pyridine rings is 1. The molecule has 4 atom stereocenters. The number of carboxylic acid groups (broad SMARTS) is 1. The number of phenols is 2. The molecule has 5 radical (unpaired) electrons. The number of nitrogens with zero attached hydrogens (tertiary/aromatic N) is 12. The molecule has 6 aromatic heterocycles. The minimum Gasteiger partial charge on any atom is -0.507 e. The van der Waals surface area contributed by atoms with Crippen LogP contribution in [0.4, 0.5) is 0 Å². The van der Waals surface area contributed by atoms with Crippen molar-refractivity contribution in [3.8, 4) is 124 Å². The molecule has 0 saturated heterocycles. The predicted molar refractivity (Wildman–Crippen MR) is 534 cm³/mol. The molecule has 0 fully saturated rings. The van der Waals surface area contributed by atoms with E-state index >= 15 is 0 Å². The monoisotopic (exact) mass is 2780 g/mol. The number of aldehydes is 1. The van der Waals surface area contributed by atoms with Gasteiger partial charge in [0.25, 0.3) is 0 Å². The maximum Gasteiger partial charge on any atom is 0.354 e. The van der Waals surface area contributed by atoms with Crippen LogP contribution in [0.1, 0.15) is 46.2 Å². The van der Waals surface area contributed by atoms with Gasteiger partial charge in [0, 0.05) is 153 Å². The number of carbonyl (C=O) groups is 2. The molecule has 12 aromatic carbocycles. The average molecular weight is 2780 g/mol. The molecule has 0 aliphatic heterocycles. The summed E-state index contributed by atoms with van der Waals surface area (Å²) in [6, 6.07) is 134. The van der Waals surface area contributed by atoms with Crippen LogP contribution in [0.5, 0.6) is 11.5 Å². The number of ether oxygens (including phenoxy) is 3. The fourth-order valence-corrected chi connectivity index (χ4v) is 11.8. The van der Waals surface area contributed by atoms with Crippen LogP contribution in [-0.2, 0) is 115 Å². The van der Waals surface area contributed by atoms with E-state index in [2.05, 4.69) is 106 Å². The summed E-state index contributed by atoms with van der Waals surface area (Å²) in [7, 11) is 4.38. The van der Waals surface area contributed by atoms with Crippen molar-refractivity contribution in [3.05, 3.63) is 468 Å². The molecule has 142 heavy (non-hydrogen) atoms. The minimum atomic E-state index is -0.990. The molecule has 0 saturated carbocycles. The topological polar surface area (TPSA) is 358 Å². The smallest absolute Gasteiger partial charge is 0.354 e. The van der Waals surface area contributed by atoms with Crippen LogP contribution in [0.2, 0.25) is 0 Å². The number of aromatic nitrogens is 11. The molecular formula is C113H101Ir5N12O12-5. The van der Waals surface area contributed by atoms with Gasteiger partial charge < -0.3 is 50.0 Å². The van der Waals surface area contributed by atoms with Gasteiger partial charge in [0.2, 0.25) is 0 Å². The molecule has 735 valence electrons. The minimum absolute atomic E-state index is 0. The number of carboxylic acids is 1. The Morgan fingerprint density at radius 1 is 0.345 bits per heavy atom. The first-order valence-corrected chi connectivity index (χ1v) is 42.8. The van der Waals surface area contributed by atoms with Crippen LogP contribution < -0.4 is 0 Å². The Bertz CT molecular complexity index is 5520. The Morgan fingerprint density at radius 3 is 0.817 bits per heavy atom. The third-order valence-electron chi connectivity index (χ3n) is 18.7. The number of methoxy groups -OCH3 is 2. The second-order valence-electron chi connectivity index (χ2n) is 28.6. The molecule has 0 aliphatic rings. The van der Waals surface area contributed by atoms with Gasteiger partial charge in [-0.2, -0.15) is 0 Å². The van der Waals surface area contributed by atoms with E-state index in [-0.39, 0.29) is 131 Å². The van der Waals surface area contributed by atoms with Gasteiger partial charge >= 0.3 is 5.97 Å². The molecule has 24 nitrogen and oxygen atoms in total. The van der Waals surface area contributed by atoms with Gasteiger partial charge in [-0.3, -0.25) is 34.7 Å². The van der Waals surface area contributed by atoms with E-state index in [0.717, 1.165) is 118 Å². The van der Waals surface area contributed by atoms with Crippen molar-refractivity contribution < 1.29 is 160 Å². The summed E-state index contributed by atoms with van der Waals surface area (Å²) in [5, 5.41) is 61.4. The number of hydrogen-bond acceptors (Lipinski definition) is 23. The Balaban J connectivity index is 0.000000332. The molecule has 0 bridgehead atoms. The van der Waals surface area contributed by atoms with Crippen molar-refractivity contribution >= 4 is 18.5 Å². The quantitative estimate of drug-likeness (QED) is 0.0109. The number of aliphatic hydroxyl groups excluding tert-OH is 4. The third kappa shape index (κ3) is 44.4. The van der Waals surface area contributed by atoms with E-state index in [1.54, 1.807) is 100 Å². The van der Waals surface area contributed by atoms with Crippen molar-refractivity contribution in [2.24, 2.45) is 4.99 Å². The molecule has 4 unspecified atom stereocenters. The molecule has 0 aliphatic carbocycles. The number of aliphatic hydroxyl groups is 4. The molecular weight excluding hydrogens is 2680 g/mol. The summed E-state index contributed by atoms with van der Waals surface area (Å²) in [5.41, 5.74) is 20.7. The standard InChI is InChI=1S/5C16H11N2.C8H9NO.C7H14O3.C7H6O2.C6H5NO2.C5H12O4.5Ir/c5*1-3-7-13(8-4-1)15-11-16(18-12-17-15)14-9-5-2-6-10-14;1-9-6-7-4-2-3-5-8(7)10;1-3-4-10-7(9)5-6(2)8;8-5-6-3-1-2-4-7(6)9;8-6(9)5-3-1-2-4-7-5;1-8-4(6)3-5(7)9-2;;;;;/h5*1-9,11-12H;2-6,10H,1H3;3,6-9H,1,4-5H2,2H3;1-5,9H;1-4H,(H,8,9);4-7H,3H2,1-2H3;;;;;/q5*-1;;;;;;;;;;. The predicted octanol–water partition coefficient (Wildman–Crippen LogP) is 21.1. The number of aliphatic imine (C=N–C) groups is 1. The second kappa shape index (κ2) is 70.9. The van der Waals surface area contributed by atoms with Gasteiger partial charge in [0.05, 0.1) is 46.7 Å². The zero-order valence-electron chi connectivity index (χ0n) is 77.3. The van der Waals surface area contributed by atoms with Gasteiger partial charge in [0.1, 0.15) is 48.8 Å². The maximum absolute atomic E-state index is 10.1. The summed E-state index contributed by atoms with van der Waals surface area (Å²) in [4.78, 5) is 70.6. The van der Waals surface area contributed by atoms with Crippen LogP contribution in [0.3, 0.4) is 0 Å². The summed E-state index contributed by atoms with van der Waals surface area (Å²) in [6.45, 7) is 5.32. The molecule has 0 amide bonds. The van der Waals surface area contributed by atoms with Gasteiger partial charge in [-0.15, -0.1) is 186 Å². The summed E-state index contributed by atoms with van der Waals surface area (Å²) < 4.78 is 13.7. The number of rotatable bonds is 22. The normalized spacial score (nSPS) is 10.6. The number of phenolic OH excluding ortho intramolecular Hbond substituents is 2. The van der Waals surface area contributed by atoms with E-state index in [1.165, 1.54) is 32.5 Å². The fourth-order valence-electron chi connectivity index (χ4n) is 11.8. The van der Waals surface area contributed by atoms with Crippen LogP contribution >= 0.6 is 0 Å². The molecule has 29 heteroatoms. The van der Waals surface area contributed by atoms with E-state index in [9.17, 15) is 9.59 Å². The van der Waals surface area contributed by atoms with Crippen molar-refractivity contribution in [1.29, 1.82) is 0 Å². The van der Waals surface area contributed by atoms with Crippen LogP contribution in [-0.4, -0.2) is 162 Å². The van der Waals surface area contributed by atoms with Crippen molar-refractivity contribution in [1.82, 2.24) is 54.8 Å². The van der Waals surface area contributed by atoms with E-state index in [4.69, 9.17) is 40.5 Å². The Labute approximate surface area is 895 Å². The van der Waals surface area contributed by atoms with Crippen molar-refractivity contribution in [3.63, 3.8) is 0 Å². The van der Waals surface area contributed by atoms with E-state index in [0.29, 0.717) is 18.5 Å². The van der Waals surface area contributed by atoms with Crippen LogP contribution in [0.25, 0.3) is 113 Å². The molecule has 7 N–H and O–H groups in total. The average Bonchev–Trinajstić information content (AvgIpc) is 0.853. The first-order valence-electron chi connectivity index (χ1n) is 42.8. The second-order valence-corrected chi connectivity index (χ2v) is 28.6. The zero-order valence-corrected chi connectivity index (χ0v) is 89.2. The SMILES string of the molecule is C=CCOC(O)CC(C)O.CN=Cc1ccccc1O.COC(O)CC(O)OC.O=C(O)c1ccccn1.O=Cc1ccccc1O.[Ir].[Ir].[Ir].[Ir].[Ir].[c-]1ccccc1-c1cc(-c2ccccc2)ncn1.[c-]1ccccc1-c1cc(-c2ccccc2)ncn1.[c-]1ccccc1-c1cc(-c2ccccc2)ncn1.[c-]1ccccc1-c1cc(-c2ccccc2)ncn1.[c-]1ccccc1-c1cc(-c2ccccc2)ncn1. The number of carbonyl (C=O) groups excluding carboxylic acids is 1. The van der Waals surface area contributed by atoms with Crippen LogP contribution in [0, 0.1) is 30.3 Å². The zero-order chi connectivity index (χ0) is 97.1. The van der Waals surface area contributed by atoms with E-state index in [1.807, 2.05) is 315 Å². The van der Waals surface area contributed by atoms with Gasteiger partial charge in [-0.05, 0) is 99.6 Å². The van der Waals surface area contributed by atoms with Gasteiger partial charge in [-0.25, -0.2) is 34.7 Å². The number of aromatic carboxylic acids is 1. The van der Waals surface area contributed by atoms with Gasteiger partial charge in [0.15, 0.2) is 25.2 Å². The number of hydrogen-bond donors (Lipinski definition) is 7. The molecule has 18 aromatic rings. The Hall–Kier alpha value is -13.7. The molecule has 6 heterocycles. The van der Waals surface area contributed by atoms with Crippen molar-refractivity contribution in [2.45, 2.75) is 44.7 Å². The summed E-state index contributed by atoms with van der Waals surface area (Å²) >= 11 is 0. The molecule has 18 rings (SSSR count).